The summed E-state index contributed by atoms with van der Waals surface area (Å²) in [6.45, 7) is 2.90. The van der Waals surface area contributed by atoms with Gasteiger partial charge in [0.1, 0.15) is 6.10 Å². The minimum Gasteiger partial charge on any atom is -0.445 e. The van der Waals surface area contributed by atoms with Gasteiger partial charge in [-0.05, 0) is 46.3 Å². The molecule has 0 bridgehead atoms. The number of Topliss-reactive ketones (excluding diaryl/α,β-unsaturated/α-hetero) is 1. The van der Waals surface area contributed by atoms with E-state index in [0.29, 0.717) is 5.56 Å². The minimum absolute atomic E-state index is 0.0992. The fourth-order valence-electron chi connectivity index (χ4n) is 3.96. The average molecular weight is 532 g/mol. The van der Waals surface area contributed by atoms with Crippen LogP contribution in [0.4, 0.5) is 0 Å². The maximum Gasteiger partial charge on any atom is 0.422 e. The number of nitrogens with one attached hydrogen (secondary N) is 1. The lowest BCUT2D eigenvalue weighted by Gasteiger charge is -2.32. The van der Waals surface area contributed by atoms with Crippen LogP contribution in [0, 0.1) is 0 Å². The Morgan fingerprint density at radius 2 is 1.37 bits per heavy atom. The number of nitrogens with zero attached hydrogens (tertiary/aromatic N) is 1. The molecule has 1 fully saturated rings. The molecule has 194 valence electrons. The number of rotatable bonds is 9. The molecule has 38 heavy (non-hydrogen) atoms. The Balaban J connectivity index is 1.61. The molecule has 9 heteroatoms. The normalized spacial score (nSPS) is 18.8. The van der Waals surface area contributed by atoms with E-state index >= 15 is 0 Å². The third-order valence-corrected chi connectivity index (χ3v) is 6.69. The van der Waals surface area contributed by atoms with Crippen molar-refractivity contribution in [2.45, 2.75) is 38.3 Å². The number of esters is 1. The lowest BCUT2D eigenvalue weighted by Crippen LogP contribution is -2.69. The van der Waals surface area contributed by atoms with Gasteiger partial charge in [-0.15, -0.1) is 4.58 Å². The molecule has 0 saturated carbocycles. The van der Waals surface area contributed by atoms with E-state index in [-0.39, 0.29) is 11.2 Å². The molecule has 1 N–H and O–H groups in total. The van der Waals surface area contributed by atoms with E-state index in [4.69, 9.17) is 9.47 Å². The first-order valence-electron chi connectivity index (χ1n) is 12.1. The first-order chi connectivity index (χ1) is 18.3. The van der Waals surface area contributed by atoms with E-state index in [1.165, 1.54) is 6.92 Å². The van der Waals surface area contributed by atoms with Crippen molar-refractivity contribution in [3.63, 3.8) is 0 Å². The molecule has 1 heterocycles. The zero-order valence-electron chi connectivity index (χ0n) is 20.9. The molecule has 3 aromatic carbocycles. The number of carbonyl (C=O) groups is 4. The quantitative estimate of drug-likeness (QED) is 0.197. The Bertz CT molecular complexity index is 1320. The molecule has 0 spiro atoms. The summed E-state index contributed by atoms with van der Waals surface area (Å²) in [6.07, 6.45) is -2.68. The molecule has 3 aromatic rings. The molecule has 1 aliphatic rings. The molecule has 1 unspecified atom stereocenters. The summed E-state index contributed by atoms with van der Waals surface area (Å²) in [5, 5.41) is 2.65. The summed E-state index contributed by atoms with van der Waals surface area (Å²) in [6, 6.07) is 25.8. The fourth-order valence-corrected chi connectivity index (χ4v) is 4.30. The lowest BCUT2D eigenvalue weighted by atomic mass is 10.0. The second-order valence-corrected chi connectivity index (χ2v) is 9.34. The van der Waals surface area contributed by atoms with Crippen LogP contribution in [0.15, 0.2) is 91.0 Å². The molecule has 4 atom stereocenters. The van der Waals surface area contributed by atoms with Gasteiger partial charge in [0, 0.05) is 5.56 Å². The lowest BCUT2D eigenvalue weighted by molar-refractivity contribution is -0.590. The third kappa shape index (κ3) is 5.93. The topological polar surface area (TPSA) is 102 Å². The second-order valence-electron chi connectivity index (χ2n) is 8.80. The maximum absolute atomic E-state index is 13.3. The van der Waals surface area contributed by atoms with E-state index in [0.717, 1.165) is 15.7 Å². The zero-order chi connectivity index (χ0) is 27.2. The van der Waals surface area contributed by atoms with Gasteiger partial charge in [0.2, 0.25) is 6.04 Å². The van der Waals surface area contributed by atoms with Crippen LogP contribution < -0.4 is 5.32 Å². The number of carbonyl (C=O) groups excluding carboxylic acids is 4. The molecule has 0 aromatic heterocycles. The Labute approximate surface area is 222 Å². The second kappa shape index (κ2) is 12.0. The third-order valence-electron chi connectivity index (χ3n) is 6.18. The highest BCUT2D eigenvalue weighted by molar-refractivity contribution is 7.45. The van der Waals surface area contributed by atoms with E-state index in [1.807, 2.05) is 60.7 Å². The van der Waals surface area contributed by atoms with Crippen molar-refractivity contribution in [2.75, 3.05) is 0 Å². The molecular weight excluding hydrogens is 503 g/mol. The van der Waals surface area contributed by atoms with E-state index in [2.05, 4.69) is 14.6 Å². The molecule has 2 amide bonds. The zero-order valence-corrected chi connectivity index (χ0v) is 22.1. The van der Waals surface area contributed by atoms with Crippen LogP contribution in [0.2, 0.25) is 0 Å². The van der Waals surface area contributed by atoms with Crippen LogP contribution >= 0.6 is 9.24 Å². The highest BCUT2D eigenvalue weighted by atomic mass is 31.0. The molecule has 0 radical (unpaired) electrons. The van der Waals surface area contributed by atoms with Gasteiger partial charge in [-0.1, -0.05) is 78.9 Å². The Hall–Kier alpha value is -4.00. The van der Waals surface area contributed by atoms with Gasteiger partial charge in [0.15, 0.2) is 11.9 Å². The van der Waals surface area contributed by atoms with E-state index in [9.17, 15) is 19.2 Å². The van der Waals surface area contributed by atoms with Crippen LogP contribution in [0.25, 0.3) is 0 Å². The molecule has 0 aliphatic carbocycles. The van der Waals surface area contributed by atoms with Gasteiger partial charge in [-0.3, -0.25) is 9.59 Å². The molecule has 4 rings (SSSR count). The highest BCUT2D eigenvalue weighted by Gasteiger charge is 2.60. The van der Waals surface area contributed by atoms with E-state index in [1.54, 1.807) is 37.3 Å². The summed E-state index contributed by atoms with van der Waals surface area (Å²) in [5.74, 6) is -2.07. The Morgan fingerprint density at radius 3 is 1.87 bits per heavy atom. The van der Waals surface area contributed by atoms with Crippen molar-refractivity contribution >= 4 is 38.3 Å². The van der Waals surface area contributed by atoms with Gasteiger partial charge in [0.05, 0.1) is 0 Å². The molecule has 1 saturated heterocycles. The number of ketones is 1. The van der Waals surface area contributed by atoms with Crippen molar-refractivity contribution in [1.29, 1.82) is 0 Å². The summed E-state index contributed by atoms with van der Waals surface area (Å²) >= 11 is 0. The van der Waals surface area contributed by atoms with Crippen molar-refractivity contribution < 1.29 is 33.2 Å². The largest absolute Gasteiger partial charge is 0.445 e. The van der Waals surface area contributed by atoms with Gasteiger partial charge in [-0.2, -0.15) is 0 Å². The monoisotopic (exact) mass is 531 g/mol. The smallest absolute Gasteiger partial charge is 0.422 e. The van der Waals surface area contributed by atoms with Gasteiger partial charge >= 0.3 is 18.1 Å². The van der Waals surface area contributed by atoms with Crippen molar-refractivity contribution in [2.24, 2.45) is 0 Å². The average Bonchev–Trinajstić information content (AvgIpc) is 2.95. The van der Waals surface area contributed by atoms with Gasteiger partial charge in [0.25, 0.3) is 11.4 Å². The summed E-state index contributed by atoms with van der Waals surface area (Å²) in [5.41, 5.74) is 1.77. The highest BCUT2D eigenvalue weighted by Crippen LogP contribution is 2.28. The maximum atomic E-state index is 13.3. The predicted octanol–water partition coefficient (Wildman–Crippen LogP) is 3.26. The van der Waals surface area contributed by atoms with Crippen LogP contribution in [-0.4, -0.2) is 52.0 Å². The predicted molar refractivity (Wildman–Crippen MR) is 144 cm³/mol. The summed E-state index contributed by atoms with van der Waals surface area (Å²) in [7, 11) is 2.24. The minimum atomic E-state index is -1.09. The molecular formula is C29H28N2O6P+. The Morgan fingerprint density at radius 1 is 0.868 bits per heavy atom. The van der Waals surface area contributed by atoms with E-state index < -0.39 is 42.3 Å². The number of β-lactam (4-membered cyclic amide) rings is 1. The number of hydrogen-bond acceptors (Lipinski definition) is 6. The number of amides is 2. The summed E-state index contributed by atoms with van der Waals surface area (Å²) in [4.78, 5) is 51.1. The number of benzene rings is 3. The summed E-state index contributed by atoms with van der Waals surface area (Å²) < 4.78 is 12.8. The first-order valence-corrected chi connectivity index (χ1v) is 12.6. The fraction of sp³-hybridized carbons (Fsp3) is 0.207. The van der Waals surface area contributed by atoms with Crippen molar-refractivity contribution in [3.05, 3.63) is 108 Å². The Kier molecular flexibility index (Phi) is 8.56. The van der Waals surface area contributed by atoms with Gasteiger partial charge < -0.3 is 14.8 Å². The molecule has 1 aliphatic heterocycles. The first kappa shape index (κ1) is 27.0. The van der Waals surface area contributed by atoms with Gasteiger partial charge in [-0.25, -0.2) is 9.59 Å². The number of hydrogen-bond donors (Lipinski definition) is 1. The van der Waals surface area contributed by atoms with Crippen LogP contribution in [0.3, 0.4) is 0 Å². The van der Waals surface area contributed by atoms with Crippen LogP contribution in [-0.2, 0) is 23.9 Å². The van der Waals surface area contributed by atoms with Crippen molar-refractivity contribution in [3.8, 4) is 0 Å². The number of ether oxygens (including phenoxy) is 2. The SMILES string of the molecule is CC(=O)[C@@H](C)O[C@@H]1[C@@H](NC(=O)c2ccccc2)C(=O)[N+]1=C(P)C(=O)OC(c1ccccc1)c1ccccc1. The van der Waals surface area contributed by atoms with Crippen LogP contribution in [0.1, 0.15) is 41.4 Å². The standard InChI is InChI=1S/C29H27N2O6P/c1-18(32)19(2)36-27-23(30-25(33)22-16-10-5-11-17-22)26(34)31(27)28(38)29(35)37-24(20-12-6-3-7-13-20)21-14-8-4-9-15-21/h3-17,19,23-24,27H,38H2,1-2H3/p+1/t19-,23+,27-/m1/s1. The van der Waals surface area contributed by atoms with Crippen LogP contribution in [0.5, 0.6) is 0 Å². The van der Waals surface area contributed by atoms with Crippen molar-refractivity contribution in [1.82, 2.24) is 5.32 Å². The molecule has 8 nitrogen and oxygen atoms in total.